The molecule has 3 nitrogen and oxygen atoms in total. The lowest BCUT2D eigenvalue weighted by Crippen LogP contribution is -2.41. The summed E-state index contributed by atoms with van der Waals surface area (Å²) in [6.07, 6.45) is 12.8. The molecule has 27 heavy (non-hydrogen) atoms. The number of fused-ring (bicyclic) bond motifs is 3. The minimum Gasteiger partial charge on any atom is -0.403 e. The van der Waals surface area contributed by atoms with Gasteiger partial charge in [0.25, 0.3) is 0 Å². The summed E-state index contributed by atoms with van der Waals surface area (Å²) in [7, 11) is -0.0292. The van der Waals surface area contributed by atoms with Crippen molar-refractivity contribution >= 4 is 7.12 Å². The Morgan fingerprint density at radius 1 is 0.815 bits per heavy atom. The summed E-state index contributed by atoms with van der Waals surface area (Å²) >= 11 is 0. The van der Waals surface area contributed by atoms with E-state index in [-0.39, 0.29) is 18.3 Å². The van der Waals surface area contributed by atoms with Gasteiger partial charge >= 0.3 is 7.12 Å². The third-order valence-electron chi connectivity index (χ3n) is 9.17. The lowest BCUT2D eigenvalue weighted by Gasteiger charge is -2.35. The summed E-state index contributed by atoms with van der Waals surface area (Å²) in [4.78, 5) is 0. The molecule has 152 valence electrons. The molecule has 1 heterocycles. The molecule has 5 fully saturated rings. The SMILES string of the molecule is CC1(C)OB(C2CCCC(COC3CCC4C(C3)CC3CC34)C2)OC1(C)C. The predicted molar refractivity (Wildman–Crippen MR) is 109 cm³/mol. The molecule has 0 aromatic carbocycles. The van der Waals surface area contributed by atoms with Crippen molar-refractivity contribution in [1.82, 2.24) is 0 Å². The molecule has 1 saturated heterocycles. The summed E-state index contributed by atoms with van der Waals surface area (Å²) in [5, 5.41) is 0. The number of hydrogen-bond donors (Lipinski definition) is 0. The normalized spacial score (nSPS) is 47.6. The van der Waals surface area contributed by atoms with Crippen molar-refractivity contribution < 1.29 is 14.0 Å². The van der Waals surface area contributed by atoms with E-state index in [1.54, 1.807) is 6.42 Å². The van der Waals surface area contributed by atoms with Crippen molar-refractivity contribution in [2.24, 2.45) is 29.6 Å². The molecule has 7 unspecified atom stereocenters. The number of hydrogen-bond acceptors (Lipinski definition) is 3. The van der Waals surface area contributed by atoms with Gasteiger partial charge in [-0.1, -0.05) is 12.8 Å². The molecule has 1 aliphatic heterocycles. The smallest absolute Gasteiger partial charge is 0.403 e. The van der Waals surface area contributed by atoms with Crippen LogP contribution in [0.1, 0.15) is 85.5 Å². The molecule has 5 rings (SSSR count). The zero-order valence-corrected chi connectivity index (χ0v) is 17.9. The first-order valence-corrected chi connectivity index (χ1v) is 11.8. The second kappa shape index (κ2) is 6.74. The topological polar surface area (TPSA) is 27.7 Å². The second-order valence-electron chi connectivity index (χ2n) is 11.5. The van der Waals surface area contributed by atoms with Crippen molar-refractivity contribution in [2.75, 3.05) is 6.61 Å². The Kier molecular flexibility index (Phi) is 4.73. The van der Waals surface area contributed by atoms with Crippen LogP contribution in [0.5, 0.6) is 0 Å². The van der Waals surface area contributed by atoms with Crippen LogP contribution in [-0.4, -0.2) is 31.0 Å². The van der Waals surface area contributed by atoms with E-state index in [1.165, 1.54) is 51.4 Å². The van der Waals surface area contributed by atoms with Crippen LogP contribution in [0.2, 0.25) is 5.82 Å². The van der Waals surface area contributed by atoms with E-state index in [2.05, 4.69) is 27.7 Å². The van der Waals surface area contributed by atoms with Crippen LogP contribution < -0.4 is 0 Å². The predicted octanol–water partition coefficient (Wildman–Crippen LogP) is 5.48. The summed E-state index contributed by atoms with van der Waals surface area (Å²) in [5.41, 5.74) is -0.413. The molecule has 0 radical (unpaired) electrons. The van der Waals surface area contributed by atoms with Crippen LogP contribution in [0, 0.1) is 29.6 Å². The first-order valence-electron chi connectivity index (χ1n) is 11.8. The zero-order valence-electron chi connectivity index (χ0n) is 17.9. The summed E-state index contributed by atoms with van der Waals surface area (Å²) in [6, 6.07) is 0. The van der Waals surface area contributed by atoms with Gasteiger partial charge in [-0.25, -0.2) is 0 Å². The first kappa shape index (κ1) is 18.9. The van der Waals surface area contributed by atoms with Crippen molar-refractivity contribution in [3.63, 3.8) is 0 Å². The Morgan fingerprint density at radius 3 is 2.33 bits per heavy atom. The maximum Gasteiger partial charge on any atom is 0.461 e. The van der Waals surface area contributed by atoms with Crippen molar-refractivity contribution in [2.45, 2.75) is 109 Å². The van der Waals surface area contributed by atoms with Gasteiger partial charge in [-0.2, -0.15) is 0 Å². The van der Waals surface area contributed by atoms with E-state index >= 15 is 0 Å². The van der Waals surface area contributed by atoms with Crippen LogP contribution in [0.4, 0.5) is 0 Å². The van der Waals surface area contributed by atoms with E-state index < -0.39 is 0 Å². The zero-order chi connectivity index (χ0) is 18.8. The molecule has 0 amide bonds. The van der Waals surface area contributed by atoms with E-state index in [4.69, 9.17) is 14.0 Å². The molecule has 4 saturated carbocycles. The number of rotatable bonds is 4. The average Bonchev–Trinajstić information content (AvgIpc) is 3.23. The highest BCUT2D eigenvalue weighted by molar-refractivity contribution is 6.47. The highest BCUT2D eigenvalue weighted by Gasteiger charge is 2.55. The van der Waals surface area contributed by atoms with Crippen LogP contribution in [-0.2, 0) is 14.0 Å². The van der Waals surface area contributed by atoms with E-state index in [1.807, 2.05) is 0 Å². The minimum atomic E-state index is -0.207. The molecule has 0 N–H and O–H groups in total. The van der Waals surface area contributed by atoms with E-state index in [0.29, 0.717) is 17.8 Å². The third kappa shape index (κ3) is 3.53. The molecular weight excluding hydrogens is 335 g/mol. The molecule has 0 spiro atoms. The van der Waals surface area contributed by atoms with Crippen molar-refractivity contribution in [3.8, 4) is 0 Å². The van der Waals surface area contributed by atoms with E-state index in [9.17, 15) is 0 Å². The van der Waals surface area contributed by atoms with Gasteiger partial charge in [0.1, 0.15) is 0 Å². The van der Waals surface area contributed by atoms with Gasteiger partial charge < -0.3 is 14.0 Å². The fourth-order valence-electron chi connectivity index (χ4n) is 6.77. The largest absolute Gasteiger partial charge is 0.461 e. The first-order chi connectivity index (χ1) is 12.8. The second-order valence-corrected chi connectivity index (χ2v) is 11.5. The van der Waals surface area contributed by atoms with Crippen molar-refractivity contribution in [3.05, 3.63) is 0 Å². The third-order valence-corrected chi connectivity index (χ3v) is 9.17. The lowest BCUT2D eigenvalue weighted by molar-refractivity contribution is -0.0232. The van der Waals surface area contributed by atoms with Crippen LogP contribution in [0.25, 0.3) is 0 Å². The van der Waals surface area contributed by atoms with Gasteiger partial charge in [-0.15, -0.1) is 0 Å². The van der Waals surface area contributed by atoms with Crippen LogP contribution in [0.15, 0.2) is 0 Å². The van der Waals surface area contributed by atoms with Gasteiger partial charge in [-0.05, 0) is 108 Å². The molecule has 0 bridgehead atoms. The summed E-state index contributed by atoms with van der Waals surface area (Å²) in [6.45, 7) is 9.63. The lowest BCUT2D eigenvalue weighted by atomic mass is 9.62. The molecule has 7 atom stereocenters. The Hall–Kier alpha value is -0.0551. The van der Waals surface area contributed by atoms with Gasteiger partial charge in [0.05, 0.1) is 17.3 Å². The minimum absolute atomic E-state index is 0.0292. The molecule has 5 aliphatic rings. The highest BCUT2D eigenvalue weighted by atomic mass is 16.7. The van der Waals surface area contributed by atoms with Crippen LogP contribution >= 0.6 is 0 Å². The molecular formula is C23H39BO3. The highest BCUT2D eigenvalue weighted by Crippen LogP contribution is 2.62. The number of ether oxygens (including phenoxy) is 1. The van der Waals surface area contributed by atoms with Gasteiger partial charge in [0.2, 0.25) is 0 Å². The van der Waals surface area contributed by atoms with Gasteiger partial charge in [-0.3, -0.25) is 0 Å². The standard InChI is InChI=1S/C23H39BO3/c1-22(2)23(3,4)27-24(26-22)18-7-5-6-15(10-18)14-25-19-8-9-20-16(12-19)11-17-13-21(17)20/h15-21H,5-14H2,1-4H3. The fourth-order valence-corrected chi connectivity index (χ4v) is 6.77. The Labute approximate surface area is 166 Å². The summed E-state index contributed by atoms with van der Waals surface area (Å²) in [5.74, 6) is 5.52. The Bertz CT molecular complexity index is 546. The van der Waals surface area contributed by atoms with Crippen molar-refractivity contribution in [1.29, 1.82) is 0 Å². The quantitative estimate of drug-likeness (QED) is 0.610. The molecule has 4 aliphatic carbocycles. The average molecular weight is 374 g/mol. The maximum absolute atomic E-state index is 6.49. The van der Waals surface area contributed by atoms with Gasteiger partial charge in [0.15, 0.2) is 0 Å². The summed E-state index contributed by atoms with van der Waals surface area (Å²) < 4.78 is 19.2. The fraction of sp³-hybridized carbons (Fsp3) is 1.00. The Morgan fingerprint density at radius 2 is 1.56 bits per heavy atom. The molecule has 0 aromatic heterocycles. The molecule has 0 aromatic rings. The monoisotopic (exact) mass is 374 g/mol. The van der Waals surface area contributed by atoms with E-state index in [0.717, 1.165) is 30.3 Å². The molecule has 4 heteroatoms. The Balaban J connectivity index is 1.10. The van der Waals surface area contributed by atoms with Gasteiger partial charge in [0, 0.05) is 6.61 Å². The maximum atomic E-state index is 6.49. The van der Waals surface area contributed by atoms with Crippen LogP contribution in [0.3, 0.4) is 0 Å².